The zero-order chi connectivity index (χ0) is 49.7. The second-order valence-electron chi connectivity index (χ2n) is 22.1. The third-order valence-electron chi connectivity index (χ3n) is 18.0. The van der Waals surface area contributed by atoms with Crippen LogP contribution in [0.25, 0.3) is 22.5 Å². The number of carbonyl (C=O) groups is 2. The van der Waals surface area contributed by atoms with Gasteiger partial charge in [-0.1, -0.05) is 39.8 Å². The van der Waals surface area contributed by atoms with Crippen molar-refractivity contribution in [3.05, 3.63) is 150 Å². The number of nitrogens with zero attached hydrogens (tertiary/aromatic N) is 8. The predicted molar refractivity (Wildman–Crippen MR) is 250 cm³/mol. The summed E-state index contributed by atoms with van der Waals surface area (Å²) < 4.78 is 65.3. The van der Waals surface area contributed by atoms with Crippen LogP contribution in [0.4, 0.5) is 17.6 Å². The van der Waals surface area contributed by atoms with E-state index in [0.29, 0.717) is 36.3 Å². The summed E-state index contributed by atoms with van der Waals surface area (Å²) >= 11 is 0. The summed E-state index contributed by atoms with van der Waals surface area (Å²) in [5.74, 6) is -5.28. The number of carbonyl (C=O) groups excluding carboxylic acids is 2. The van der Waals surface area contributed by atoms with E-state index in [0.717, 1.165) is 43.4 Å². The van der Waals surface area contributed by atoms with Crippen molar-refractivity contribution in [3.63, 3.8) is 0 Å². The molecule has 2 amide bonds. The van der Waals surface area contributed by atoms with Gasteiger partial charge in [0.1, 0.15) is 34.7 Å². The summed E-state index contributed by atoms with van der Waals surface area (Å²) in [7, 11) is 0. The summed E-state index contributed by atoms with van der Waals surface area (Å²) in [6.45, 7) is 10.7. The van der Waals surface area contributed by atoms with Crippen molar-refractivity contribution in [2.24, 2.45) is 10.8 Å². The molecular weight excluding hydrogens is 917 g/mol. The van der Waals surface area contributed by atoms with Crippen molar-refractivity contribution >= 4 is 11.8 Å². The molecule has 6 aliphatic carbocycles. The SMILES string of the molecule is CC1(N(C[C@@]23CC(c4ccc(F)c(-c5cc6c(nn5)[C@@]5(CN(C(=O)c7ccc(=O)[nH]n7)C7CC7)CC[C@@H]6C5(C)C)c4F)[C@@H](c4cc(-c5c(F)cccc5F)nnc42)C3(C)C)C(=O)c2ccc(=O)[nH]n2)CC1. The summed E-state index contributed by atoms with van der Waals surface area (Å²) in [5, 5.41) is 31.4. The first-order valence-corrected chi connectivity index (χ1v) is 24.2. The molecule has 4 bridgehead atoms. The van der Waals surface area contributed by atoms with Crippen molar-refractivity contribution in [3.8, 4) is 22.5 Å². The number of halogens is 4. The van der Waals surface area contributed by atoms with E-state index < -0.39 is 79.3 Å². The van der Waals surface area contributed by atoms with Crippen LogP contribution in [-0.2, 0) is 10.8 Å². The van der Waals surface area contributed by atoms with Gasteiger partial charge in [0.25, 0.3) is 22.9 Å². The highest BCUT2D eigenvalue weighted by Crippen LogP contribution is 2.73. The average molecular weight is 967 g/mol. The summed E-state index contributed by atoms with van der Waals surface area (Å²) in [4.78, 5) is 55.9. The molecule has 364 valence electrons. The van der Waals surface area contributed by atoms with Crippen molar-refractivity contribution in [1.29, 1.82) is 0 Å². The second-order valence-corrected chi connectivity index (χ2v) is 22.1. The molecule has 0 saturated heterocycles. The van der Waals surface area contributed by atoms with Gasteiger partial charge in [0.05, 0.1) is 33.9 Å². The van der Waals surface area contributed by atoms with Crippen LogP contribution < -0.4 is 11.1 Å². The highest BCUT2D eigenvalue weighted by atomic mass is 19.1. The Kier molecular flexibility index (Phi) is 9.71. The van der Waals surface area contributed by atoms with Gasteiger partial charge in [-0.25, -0.2) is 27.8 Å². The monoisotopic (exact) mass is 966 g/mol. The Labute approximate surface area is 404 Å². The molecule has 2 N–H and O–H groups in total. The molecule has 5 atom stereocenters. The van der Waals surface area contributed by atoms with Gasteiger partial charge in [-0.3, -0.25) is 19.2 Å². The number of amides is 2. The van der Waals surface area contributed by atoms with Gasteiger partial charge in [-0.05, 0) is 140 Å². The maximum Gasteiger partial charge on any atom is 0.274 e. The van der Waals surface area contributed by atoms with E-state index in [4.69, 9.17) is 10.2 Å². The van der Waals surface area contributed by atoms with Gasteiger partial charge in [-0.2, -0.15) is 30.6 Å². The number of fused-ring (bicyclic) bond motifs is 10. The Hall–Kier alpha value is -6.98. The summed E-state index contributed by atoms with van der Waals surface area (Å²) in [6, 6.07) is 14.9. The summed E-state index contributed by atoms with van der Waals surface area (Å²) in [5.41, 5.74) is -2.01. The number of aromatic amines is 2. The molecule has 18 heteroatoms. The van der Waals surface area contributed by atoms with Crippen LogP contribution in [0.15, 0.2) is 76.3 Å². The summed E-state index contributed by atoms with van der Waals surface area (Å²) in [6.07, 6.45) is 4.78. The molecule has 4 aromatic heterocycles. The van der Waals surface area contributed by atoms with Crippen LogP contribution in [-0.4, -0.2) is 87.1 Å². The van der Waals surface area contributed by atoms with Gasteiger partial charge >= 0.3 is 0 Å². The topological polar surface area (TPSA) is 184 Å². The van der Waals surface area contributed by atoms with Crippen molar-refractivity contribution in [2.45, 2.75) is 120 Å². The van der Waals surface area contributed by atoms with Crippen molar-refractivity contribution < 1.29 is 27.2 Å². The lowest BCUT2D eigenvalue weighted by molar-refractivity contribution is 0.0505. The standard InChI is InChI=1S/C53H50F4N10O4/c1-49(2)31-17-18-52(49,24-66(26-9-10-26)47(70)35-13-15-39(68)62-58-35)45-28(31)21-38(61-64-45)42-34(56)12-11-27(44(42)57)30-23-53(25-67(51(5)19-20-51)48(71)36-14-16-40(69)63-59-36)46-29(43(30)50(53,3)4)22-37(60-65-46)41-32(54)7-6-8-33(41)55/h6-8,11-16,21-22,26,30-31,43H,9-10,17-20,23-25H2,1-5H3,(H,62,68)(H,63,69)/t30?,31-,43+,52-,53-/m0/s1. The average Bonchev–Trinajstić information content (AvgIpc) is 4.26. The van der Waals surface area contributed by atoms with E-state index in [1.54, 1.807) is 17.0 Å². The Bertz CT molecular complexity index is 3350. The highest BCUT2D eigenvalue weighted by molar-refractivity contribution is 5.93. The van der Waals surface area contributed by atoms with Crippen molar-refractivity contribution in [2.75, 3.05) is 13.1 Å². The third kappa shape index (κ3) is 6.43. The lowest BCUT2D eigenvalue weighted by Gasteiger charge is -2.43. The number of H-pyrrole nitrogens is 2. The normalized spacial score (nSPS) is 25.5. The lowest BCUT2D eigenvalue weighted by Crippen LogP contribution is -2.52. The number of hydrogen-bond acceptors (Lipinski definition) is 10. The molecule has 4 heterocycles. The maximum atomic E-state index is 17.9. The van der Waals surface area contributed by atoms with E-state index in [1.165, 1.54) is 42.5 Å². The number of hydrogen-bond donors (Lipinski definition) is 2. The number of rotatable bonds is 11. The first-order valence-electron chi connectivity index (χ1n) is 24.2. The predicted octanol–water partition coefficient (Wildman–Crippen LogP) is 8.03. The van der Waals surface area contributed by atoms with Gasteiger partial charge in [0.2, 0.25) is 0 Å². The molecule has 0 spiro atoms. The van der Waals surface area contributed by atoms with Gasteiger partial charge in [0.15, 0.2) is 0 Å². The molecule has 12 rings (SSSR count). The maximum absolute atomic E-state index is 17.9. The van der Waals surface area contributed by atoms with E-state index in [2.05, 4.69) is 44.4 Å². The molecule has 4 fully saturated rings. The molecule has 4 saturated carbocycles. The molecule has 0 aliphatic heterocycles. The number of nitrogens with one attached hydrogen (secondary N) is 2. The van der Waals surface area contributed by atoms with Gasteiger partial charge < -0.3 is 9.80 Å². The van der Waals surface area contributed by atoms with Crippen LogP contribution >= 0.6 is 0 Å². The minimum absolute atomic E-state index is 0.00282. The Balaban J connectivity index is 0.952. The molecule has 1 unspecified atom stereocenters. The molecule has 0 radical (unpaired) electrons. The van der Waals surface area contributed by atoms with E-state index in [1.807, 2.05) is 25.7 Å². The largest absolute Gasteiger partial charge is 0.333 e. The van der Waals surface area contributed by atoms with Crippen LogP contribution in [0.2, 0.25) is 0 Å². The molecule has 2 aromatic carbocycles. The van der Waals surface area contributed by atoms with Crippen LogP contribution in [0.3, 0.4) is 0 Å². The number of benzene rings is 2. The van der Waals surface area contributed by atoms with E-state index in [-0.39, 0.29) is 70.3 Å². The zero-order valence-electron chi connectivity index (χ0n) is 39.7. The molecule has 14 nitrogen and oxygen atoms in total. The Morgan fingerprint density at radius 1 is 0.634 bits per heavy atom. The van der Waals surface area contributed by atoms with Crippen LogP contribution in [0, 0.1) is 34.1 Å². The van der Waals surface area contributed by atoms with Crippen LogP contribution in [0.1, 0.15) is 146 Å². The lowest BCUT2D eigenvalue weighted by atomic mass is 9.68. The zero-order valence-corrected chi connectivity index (χ0v) is 39.7. The minimum atomic E-state index is -1.02. The van der Waals surface area contributed by atoms with Gasteiger partial charge in [-0.15, -0.1) is 0 Å². The van der Waals surface area contributed by atoms with Crippen molar-refractivity contribution in [1.82, 2.24) is 50.6 Å². The molecule has 71 heavy (non-hydrogen) atoms. The number of aromatic nitrogens is 8. The smallest absolute Gasteiger partial charge is 0.274 e. The second kappa shape index (κ2) is 15.3. The minimum Gasteiger partial charge on any atom is -0.333 e. The molecule has 6 aliphatic rings. The molecular formula is C53H50F4N10O4. The Morgan fingerprint density at radius 3 is 1.83 bits per heavy atom. The van der Waals surface area contributed by atoms with E-state index >= 15 is 17.6 Å². The fraction of sp³-hybridized carbons (Fsp3) is 0.434. The van der Waals surface area contributed by atoms with Crippen LogP contribution in [0.5, 0.6) is 0 Å². The fourth-order valence-electron chi connectivity index (χ4n) is 13.6. The third-order valence-corrected chi connectivity index (χ3v) is 18.0. The van der Waals surface area contributed by atoms with E-state index in [9.17, 15) is 19.2 Å². The van der Waals surface area contributed by atoms with Gasteiger partial charge in [0, 0.05) is 47.6 Å². The Morgan fingerprint density at radius 2 is 1.23 bits per heavy atom. The first-order chi connectivity index (χ1) is 33.8. The highest BCUT2D eigenvalue weighted by Gasteiger charge is 2.70. The fourth-order valence-corrected chi connectivity index (χ4v) is 13.6. The molecule has 6 aromatic rings. The first kappa shape index (κ1) is 45.2. The quantitative estimate of drug-likeness (QED) is 0.121.